The molecule has 0 saturated carbocycles. The van der Waals surface area contributed by atoms with E-state index in [0.717, 1.165) is 27.8 Å². The summed E-state index contributed by atoms with van der Waals surface area (Å²) < 4.78 is 0. The van der Waals surface area contributed by atoms with Crippen LogP contribution in [0.4, 0.5) is 0 Å². The molecule has 7 aromatic carbocycles. The monoisotopic (exact) mass is 702 g/mol. The van der Waals surface area contributed by atoms with Crippen molar-refractivity contribution in [1.29, 1.82) is 0 Å². The Hall–Kier alpha value is -7.30. The number of benzene rings is 7. The van der Waals surface area contributed by atoms with E-state index in [0.29, 0.717) is 17.5 Å². The van der Waals surface area contributed by atoms with Crippen LogP contribution in [0.25, 0.3) is 67.5 Å². The Balaban J connectivity index is 1.09. The molecule has 10 rings (SSSR count). The fourth-order valence-corrected chi connectivity index (χ4v) is 8.23. The molecule has 0 radical (unpaired) electrons. The third kappa shape index (κ3) is 5.55. The molecule has 4 heteroatoms. The Kier molecular flexibility index (Phi) is 8.00. The third-order valence-corrected chi connectivity index (χ3v) is 10.7. The van der Waals surface area contributed by atoms with Crippen LogP contribution in [0.15, 0.2) is 207 Å². The first-order valence-corrected chi connectivity index (χ1v) is 18.5. The summed E-state index contributed by atoms with van der Waals surface area (Å²) in [5, 5.41) is 0. The van der Waals surface area contributed by atoms with Crippen LogP contribution in [-0.4, -0.2) is 19.9 Å². The average Bonchev–Trinajstić information content (AvgIpc) is 3.59. The molecule has 258 valence electrons. The highest BCUT2D eigenvalue weighted by molar-refractivity contribution is 5.95. The predicted octanol–water partition coefficient (Wildman–Crippen LogP) is 12.0. The van der Waals surface area contributed by atoms with Gasteiger partial charge in [-0.2, -0.15) is 0 Å². The van der Waals surface area contributed by atoms with Crippen LogP contribution in [0.2, 0.25) is 0 Å². The zero-order chi connectivity index (χ0) is 36.6. The lowest BCUT2D eigenvalue weighted by molar-refractivity contribution is 0.768. The van der Waals surface area contributed by atoms with Gasteiger partial charge in [-0.1, -0.05) is 182 Å². The summed E-state index contributed by atoms with van der Waals surface area (Å²) in [6, 6.07) is 68.8. The van der Waals surface area contributed by atoms with Gasteiger partial charge in [0.2, 0.25) is 0 Å². The summed E-state index contributed by atoms with van der Waals surface area (Å²) in [6.07, 6.45) is 3.55. The van der Waals surface area contributed by atoms with Crippen molar-refractivity contribution in [2.45, 2.75) is 5.41 Å². The number of aromatic nitrogens is 4. The summed E-state index contributed by atoms with van der Waals surface area (Å²) in [5.41, 5.74) is 14.5. The van der Waals surface area contributed by atoms with Crippen molar-refractivity contribution in [2.75, 3.05) is 0 Å². The zero-order valence-electron chi connectivity index (χ0n) is 29.9. The molecule has 0 saturated heterocycles. The molecular weight excluding hydrogens is 669 g/mol. The minimum absolute atomic E-state index is 0.451. The van der Waals surface area contributed by atoms with E-state index >= 15 is 0 Å². The largest absolute Gasteiger partial charge is 0.264 e. The molecule has 0 N–H and O–H groups in total. The van der Waals surface area contributed by atoms with Gasteiger partial charge in [0, 0.05) is 29.1 Å². The van der Waals surface area contributed by atoms with E-state index in [1.807, 2.05) is 18.2 Å². The van der Waals surface area contributed by atoms with Gasteiger partial charge in [-0.05, 0) is 67.8 Å². The van der Waals surface area contributed by atoms with Gasteiger partial charge in [0.1, 0.15) is 0 Å². The molecule has 9 aromatic rings. The van der Waals surface area contributed by atoms with Crippen molar-refractivity contribution in [2.24, 2.45) is 0 Å². The van der Waals surface area contributed by atoms with Crippen molar-refractivity contribution < 1.29 is 0 Å². The second kappa shape index (κ2) is 13.6. The van der Waals surface area contributed by atoms with Gasteiger partial charge in [-0.25, -0.2) is 15.0 Å². The normalized spacial score (nSPS) is 12.5. The van der Waals surface area contributed by atoms with Crippen LogP contribution in [0.5, 0.6) is 0 Å². The molecule has 0 unspecified atom stereocenters. The summed E-state index contributed by atoms with van der Waals surface area (Å²) in [6.45, 7) is 0. The number of pyridine rings is 1. The maximum absolute atomic E-state index is 5.04. The van der Waals surface area contributed by atoms with Crippen molar-refractivity contribution in [3.8, 4) is 67.5 Å². The highest BCUT2D eigenvalue weighted by atomic mass is 15.0. The van der Waals surface area contributed by atoms with Gasteiger partial charge in [0.25, 0.3) is 0 Å². The highest BCUT2D eigenvalue weighted by Crippen LogP contribution is 2.58. The first-order chi connectivity index (χ1) is 27.3. The van der Waals surface area contributed by atoms with Gasteiger partial charge in [0.15, 0.2) is 17.5 Å². The van der Waals surface area contributed by atoms with E-state index in [-0.39, 0.29) is 0 Å². The van der Waals surface area contributed by atoms with Crippen LogP contribution < -0.4 is 0 Å². The number of rotatable bonds is 7. The number of hydrogen-bond acceptors (Lipinski definition) is 4. The second-order valence-corrected chi connectivity index (χ2v) is 13.8. The molecule has 55 heavy (non-hydrogen) atoms. The predicted molar refractivity (Wildman–Crippen MR) is 222 cm³/mol. The summed E-state index contributed by atoms with van der Waals surface area (Å²) in [4.78, 5) is 19.3. The molecule has 2 heterocycles. The van der Waals surface area contributed by atoms with Crippen LogP contribution in [-0.2, 0) is 5.41 Å². The van der Waals surface area contributed by atoms with Crippen LogP contribution >= 0.6 is 0 Å². The van der Waals surface area contributed by atoms with Gasteiger partial charge in [0.05, 0.1) is 5.41 Å². The van der Waals surface area contributed by atoms with E-state index in [1.54, 1.807) is 12.4 Å². The van der Waals surface area contributed by atoms with Crippen molar-refractivity contribution in [1.82, 2.24) is 19.9 Å². The second-order valence-electron chi connectivity index (χ2n) is 13.8. The van der Waals surface area contributed by atoms with E-state index in [9.17, 15) is 0 Å². The Bertz CT molecular complexity index is 2730. The Labute approximate surface area is 320 Å². The Morgan fingerprint density at radius 3 is 1.36 bits per heavy atom. The maximum Gasteiger partial charge on any atom is 0.165 e. The van der Waals surface area contributed by atoms with Gasteiger partial charge < -0.3 is 0 Å². The third-order valence-electron chi connectivity index (χ3n) is 10.7. The average molecular weight is 703 g/mol. The molecular formula is C51H34N4. The maximum atomic E-state index is 5.04. The van der Waals surface area contributed by atoms with Crippen LogP contribution in [0.3, 0.4) is 0 Å². The molecule has 0 amide bonds. The summed E-state index contributed by atoms with van der Waals surface area (Å²) >= 11 is 0. The molecule has 0 fully saturated rings. The smallest absolute Gasteiger partial charge is 0.165 e. The van der Waals surface area contributed by atoms with Gasteiger partial charge in [-0.15, -0.1) is 0 Å². The fraction of sp³-hybridized carbons (Fsp3) is 0.0196. The van der Waals surface area contributed by atoms with Crippen molar-refractivity contribution in [3.05, 3.63) is 229 Å². The van der Waals surface area contributed by atoms with Crippen molar-refractivity contribution in [3.63, 3.8) is 0 Å². The molecule has 1 aliphatic rings. The highest BCUT2D eigenvalue weighted by Gasteiger charge is 2.46. The van der Waals surface area contributed by atoms with E-state index in [2.05, 4.69) is 181 Å². The topological polar surface area (TPSA) is 51.6 Å². The lowest BCUT2D eigenvalue weighted by atomic mass is 9.67. The van der Waals surface area contributed by atoms with Crippen LogP contribution in [0.1, 0.15) is 22.3 Å². The molecule has 0 atom stereocenters. The lowest BCUT2D eigenvalue weighted by Crippen LogP contribution is -2.28. The molecule has 2 aromatic heterocycles. The first-order valence-electron chi connectivity index (χ1n) is 18.5. The van der Waals surface area contributed by atoms with E-state index < -0.39 is 5.41 Å². The first kappa shape index (κ1) is 32.4. The number of hydrogen-bond donors (Lipinski definition) is 0. The molecule has 1 aliphatic carbocycles. The van der Waals surface area contributed by atoms with Crippen molar-refractivity contribution >= 4 is 0 Å². The molecule has 4 nitrogen and oxygen atoms in total. The number of fused-ring (bicyclic) bond motifs is 3. The minimum atomic E-state index is -0.451. The minimum Gasteiger partial charge on any atom is -0.264 e. The van der Waals surface area contributed by atoms with E-state index in [1.165, 1.54) is 44.5 Å². The molecule has 0 aliphatic heterocycles. The molecule has 0 bridgehead atoms. The SMILES string of the molecule is c1ccc(-c2ccc(-c3nc(-c4ccc(-c5cccc6c5-c5ccccc5C6(c5ccccc5)c5ccccc5)cc4)nc(-c4cccnc4)n3)cc2)cc1. The fourth-order valence-electron chi connectivity index (χ4n) is 8.23. The summed E-state index contributed by atoms with van der Waals surface area (Å²) in [5.74, 6) is 1.81. The number of nitrogens with zero attached hydrogens (tertiary/aromatic N) is 4. The zero-order valence-corrected chi connectivity index (χ0v) is 29.9. The molecule has 0 spiro atoms. The van der Waals surface area contributed by atoms with Gasteiger partial charge >= 0.3 is 0 Å². The van der Waals surface area contributed by atoms with Crippen LogP contribution in [0, 0.1) is 0 Å². The van der Waals surface area contributed by atoms with E-state index in [4.69, 9.17) is 15.0 Å². The van der Waals surface area contributed by atoms with Gasteiger partial charge in [-0.3, -0.25) is 4.98 Å². The Morgan fingerprint density at radius 2 is 0.764 bits per heavy atom. The lowest BCUT2D eigenvalue weighted by Gasteiger charge is -2.34. The summed E-state index contributed by atoms with van der Waals surface area (Å²) in [7, 11) is 0. The quantitative estimate of drug-likeness (QED) is 0.166. The standard InChI is InChI=1S/C51H34N4/c1-4-14-35(15-5-1)36-25-29-38(30-26-36)48-53-49(55-50(54-48)40-16-13-33-52-34-40)39-31-27-37(28-32-39)43-22-12-24-46-47(43)44-21-10-11-23-45(44)51(46,41-17-6-2-7-18-41)42-19-8-3-9-20-42/h1-34H. The Morgan fingerprint density at radius 1 is 0.309 bits per heavy atom.